The van der Waals surface area contributed by atoms with Gasteiger partial charge < -0.3 is 14.8 Å². The number of hydrogen-bond acceptors (Lipinski definition) is 7. The molecule has 152 valence electrons. The van der Waals surface area contributed by atoms with Gasteiger partial charge in [0, 0.05) is 12.6 Å². The van der Waals surface area contributed by atoms with Gasteiger partial charge in [-0.05, 0) is 56.6 Å². The van der Waals surface area contributed by atoms with Crippen LogP contribution in [0.15, 0.2) is 18.2 Å². The molecule has 0 aromatic heterocycles. The molecule has 1 aliphatic rings. The molecule has 1 fully saturated rings. The number of ether oxygens (including phenoxy) is 2. The smallest absolute Gasteiger partial charge is 0.343 e. The number of nitro benzene ring substituents is 1. The van der Waals surface area contributed by atoms with Gasteiger partial charge in [-0.15, -0.1) is 12.4 Å². The quantitative estimate of drug-likeness (QED) is 0.385. The van der Waals surface area contributed by atoms with Crippen LogP contribution in [0.3, 0.4) is 0 Å². The second-order valence-corrected chi connectivity index (χ2v) is 6.45. The summed E-state index contributed by atoms with van der Waals surface area (Å²) >= 11 is 0. The zero-order valence-electron chi connectivity index (χ0n) is 15.8. The Kier molecular flexibility index (Phi) is 10.1. The number of hydrogen-bond donors (Lipinski definition) is 1. The molecule has 0 saturated carbocycles. The van der Waals surface area contributed by atoms with Crippen LogP contribution in [0.25, 0.3) is 0 Å². The van der Waals surface area contributed by atoms with Crippen molar-refractivity contribution in [2.24, 2.45) is 5.92 Å². The Morgan fingerprint density at radius 3 is 2.67 bits per heavy atom. The lowest BCUT2D eigenvalue weighted by molar-refractivity contribution is -0.385. The minimum absolute atomic E-state index is 0. The van der Waals surface area contributed by atoms with Crippen LogP contribution in [0.4, 0.5) is 5.69 Å². The number of piperidine rings is 1. The summed E-state index contributed by atoms with van der Waals surface area (Å²) in [5.41, 5.74) is 0.737. The Hall–Kier alpha value is -1.90. The molecular formula is C18H28ClN3O5. The Labute approximate surface area is 165 Å². The van der Waals surface area contributed by atoms with Gasteiger partial charge in [0.25, 0.3) is 0 Å². The maximum absolute atomic E-state index is 11.3. The molecule has 1 aliphatic heterocycles. The summed E-state index contributed by atoms with van der Waals surface area (Å²) in [6.45, 7) is 6.47. The van der Waals surface area contributed by atoms with Crippen molar-refractivity contribution in [1.29, 1.82) is 0 Å². The van der Waals surface area contributed by atoms with Crippen LogP contribution in [0, 0.1) is 16.0 Å². The zero-order valence-corrected chi connectivity index (χ0v) is 16.6. The van der Waals surface area contributed by atoms with E-state index in [2.05, 4.69) is 21.9 Å². The average Bonchev–Trinajstić information content (AvgIpc) is 2.66. The number of nitrogens with one attached hydrogen (secondary N) is 1. The van der Waals surface area contributed by atoms with Crippen LogP contribution in [0.2, 0.25) is 0 Å². The summed E-state index contributed by atoms with van der Waals surface area (Å²) in [7, 11) is 1.24. The fourth-order valence-electron chi connectivity index (χ4n) is 3.08. The highest BCUT2D eigenvalue weighted by atomic mass is 35.5. The second kappa shape index (κ2) is 11.7. The first-order chi connectivity index (χ1) is 12.5. The van der Waals surface area contributed by atoms with E-state index in [1.165, 1.54) is 13.2 Å². The summed E-state index contributed by atoms with van der Waals surface area (Å²) < 4.78 is 9.70. The second-order valence-electron chi connectivity index (χ2n) is 6.45. The molecular weight excluding hydrogens is 374 g/mol. The summed E-state index contributed by atoms with van der Waals surface area (Å²) in [5, 5.41) is 14.7. The van der Waals surface area contributed by atoms with Crippen LogP contribution >= 0.6 is 12.4 Å². The number of carbonyl (C=O) groups excluding carboxylic acids is 1. The first-order valence-electron chi connectivity index (χ1n) is 8.93. The molecule has 1 heterocycles. The standard InChI is InChI=1S/C18H27N3O5.ClH/c1-3-19-11-14-6-8-20(9-7-14)12-15-4-5-17(16(10-15)21(23)24)26-13-18(22)25-2;/h4-5,10,14,19H,3,6-9,11-13H2,1-2H3;1H. The maximum atomic E-state index is 11.3. The number of nitrogens with zero attached hydrogens (tertiary/aromatic N) is 2. The fraction of sp³-hybridized carbons (Fsp3) is 0.611. The van der Waals surface area contributed by atoms with Crippen LogP contribution < -0.4 is 10.1 Å². The van der Waals surface area contributed by atoms with E-state index < -0.39 is 10.9 Å². The number of halogens is 1. The number of methoxy groups -OCH3 is 1. The predicted octanol–water partition coefficient (Wildman–Crippen LogP) is 2.39. The van der Waals surface area contributed by atoms with E-state index in [1.807, 2.05) is 6.07 Å². The molecule has 0 atom stereocenters. The molecule has 0 amide bonds. The third-order valence-corrected chi connectivity index (χ3v) is 4.59. The largest absolute Gasteiger partial charge is 0.475 e. The number of nitro groups is 1. The summed E-state index contributed by atoms with van der Waals surface area (Å²) in [4.78, 5) is 24.3. The Morgan fingerprint density at radius 2 is 2.07 bits per heavy atom. The van der Waals surface area contributed by atoms with Gasteiger partial charge in [0.2, 0.25) is 0 Å². The fourth-order valence-corrected chi connectivity index (χ4v) is 3.08. The number of rotatable bonds is 9. The Bertz CT molecular complexity index is 621. The van der Waals surface area contributed by atoms with Gasteiger partial charge in [-0.3, -0.25) is 15.0 Å². The first-order valence-corrected chi connectivity index (χ1v) is 8.93. The highest BCUT2D eigenvalue weighted by molar-refractivity contribution is 5.85. The molecule has 27 heavy (non-hydrogen) atoms. The molecule has 1 N–H and O–H groups in total. The highest BCUT2D eigenvalue weighted by Gasteiger charge is 2.21. The van der Waals surface area contributed by atoms with Gasteiger partial charge in [0.15, 0.2) is 12.4 Å². The molecule has 0 aliphatic carbocycles. The van der Waals surface area contributed by atoms with Gasteiger partial charge in [-0.25, -0.2) is 4.79 Å². The molecule has 2 rings (SSSR count). The van der Waals surface area contributed by atoms with E-state index in [4.69, 9.17) is 4.74 Å². The number of esters is 1. The van der Waals surface area contributed by atoms with Gasteiger partial charge in [0.1, 0.15) is 0 Å². The first kappa shape index (κ1) is 23.1. The lowest BCUT2D eigenvalue weighted by Crippen LogP contribution is -2.36. The van der Waals surface area contributed by atoms with Crippen molar-refractivity contribution in [3.05, 3.63) is 33.9 Å². The molecule has 0 bridgehead atoms. The molecule has 8 nitrogen and oxygen atoms in total. The van der Waals surface area contributed by atoms with Crippen LogP contribution in [0.5, 0.6) is 5.75 Å². The van der Waals surface area contributed by atoms with Crippen molar-refractivity contribution < 1.29 is 19.2 Å². The van der Waals surface area contributed by atoms with E-state index in [1.54, 1.807) is 6.07 Å². The summed E-state index contributed by atoms with van der Waals surface area (Å²) in [5.74, 6) is 0.201. The SMILES string of the molecule is CCNCC1CCN(Cc2ccc(OCC(=O)OC)c([N+](=O)[O-])c2)CC1.Cl. The van der Waals surface area contributed by atoms with Gasteiger partial charge in [-0.2, -0.15) is 0 Å². The lowest BCUT2D eigenvalue weighted by Gasteiger charge is -2.32. The number of benzene rings is 1. The van der Waals surface area contributed by atoms with Gasteiger partial charge in [-0.1, -0.05) is 13.0 Å². The van der Waals surface area contributed by atoms with Crippen molar-refractivity contribution in [3.63, 3.8) is 0 Å². The minimum Gasteiger partial charge on any atom is -0.475 e. The summed E-state index contributed by atoms with van der Waals surface area (Å²) in [6, 6.07) is 4.88. The number of carbonyl (C=O) groups is 1. The topological polar surface area (TPSA) is 93.9 Å². The monoisotopic (exact) mass is 401 g/mol. The molecule has 1 aromatic carbocycles. The molecule has 1 aromatic rings. The Morgan fingerprint density at radius 1 is 1.37 bits per heavy atom. The van der Waals surface area contributed by atoms with E-state index in [9.17, 15) is 14.9 Å². The summed E-state index contributed by atoms with van der Waals surface area (Å²) in [6.07, 6.45) is 2.27. The van der Waals surface area contributed by atoms with E-state index >= 15 is 0 Å². The van der Waals surface area contributed by atoms with Crippen molar-refractivity contribution in [2.45, 2.75) is 26.3 Å². The molecule has 1 saturated heterocycles. The van der Waals surface area contributed by atoms with Crippen molar-refractivity contribution in [1.82, 2.24) is 10.2 Å². The van der Waals surface area contributed by atoms with Crippen molar-refractivity contribution in [3.8, 4) is 5.75 Å². The van der Waals surface area contributed by atoms with Crippen LogP contribution in [0.1, 0.15) is 25.3 Å². The third-order valence-electron chi connectivity index (χ3n) is 4.59. The van der Waals surface area contributed by atoms with E-state index in [0.29, 0.717) is 12.5 Å². The van der Waals surface area contributed by atoms with Crippen molar-refractivity contribution >= 4 is 24.1 Å². The highest BCUT2D eigenvalue weighted by Crippen LogP contribution is 2.29. The Balaban J connectivity index is 0.00000364. The lowest BCUT2D eigenvalue weighted by atomic mass is 9.96. The van der Waals surface area contributed by atoms with Crippen molar-refractivity contribution in [2.75, 3.05) is 39.9 Å². The molecule has 0 spiro atoms. The zero-order chi connectivity index (χ0) is 18.9. The van der Waals surface area contributed by atoms with E-state index in [-0.39, 0.29) is 30.5 Å². The number of likely N-dealkylation sites (tertiary alicyclic amines) is 1. The minimum atomic E-state index is -0.580. The molecule has 0 radical (unpaired) electrons. The van der Waals surface area contributed by atoms with Crippen LogP contribution in [-0.2, 0) is 16.1 Å². The van der Waals surface area contributed by atoms with E-state index in [0.717, 1.165) is 44.6 Å². The van der Waals surface area contributed by atoms with Gasteiger partial charge in [0.05, 0.1) is 12.0 Å². The normalized spacial score (nSPS) is 15.0. The van der Waals surface area contributed by atoms with Gasteiger partial charge >= 0.3 is 11.7 Å². The molecule has 0 unspecified atom stereocenters. The maximum Gasteiger partial charge on any atom is 0.343 e. The third kappa shape index (κ3) is 7.32. The van der Waals surface area contributed by atoms with Crippen LogP contribution in [-0.4, -0.2) is 55.7 Å². The average molecular weight is 402 g/mol. The molecule has 9 heteroatoms. The predicted molar refractivity (Wildman–Crippen MR) is 104 cm³/mol.